The Hall–Kier alpha value is -2.66. The van der Waals surface area contributed by atoms with Crippen LogP contribution in [0.3, 0.4) is 0 Å². The van der Waals surface area contributed by atoms with Crippen LogP contribution in [0.2, 0.25) is 0 Å². The van der Waals surface area contributed by atoms with E-state index in [0.717, 1.165) is 16.9 Å². The standard InChI is InChI=1S/C18H17N3OS/c1-12-8-9-15(10-13(12)2)19-17(22)16-11-23-18(21-16)20-14-6-4-3-5-7-14/h3-11H,1-2H3,(H,19,22)(H,20,21). The number of rotatable bonds is 4. The number of benzene rings is 2. The molecular formula is C18H17N3OS. The van der Waals surface area contributed by atoms with Crippen LogP contribution >= 0.6 is 11.3 Å². The molecular weight excluding hydrogens is 306 g/mol. The fraction of sp³-hybridized carbons (Fsp3) is 0.111. The minimum absolute atomic E-state index is 0.203. The molecule has 0 unspecified atom stereocenters. The highest BCUT2D eigenvalue weighted by molar-refractivity contribution is 7.14. The zero-order valence-corrected chi connectivity index (χ0v) is 13.8. The van der Waals surface area contributed by atoms with Gasteiger partial charge in [0.1, 0.15) is 5.69 Å². The summed E-state index contributed by atoms with van der Waals surface area (Å²) in [7, 11) is 0. The molecule has 0 fully saturated rings. The van der Waals surface area contributed by atoms with Gasteiger partial charge in [0, 0.05) is 16.8 Å². The Morgan fingerprint density at radius 2 is 1.78 bits per heavy atom. The van der Waals surface area contributed by atoms with Crippen molar-refractivity contribution in [3.05, 3.63) is 70.7 Å². The smallest absolute Gasteiger partial charge is 0.275 e. The molecule has 1 heterocycles. The molecule has 23 heavy (non-hydrogen) atoms. The van der Waals surface area contributed by atoms with E-state index < -0.39 is 0 Å². The molecule has 3 aromatic rings. The van der Waals surface area contributed by atoms with Crippen molar-refractivity contribution in [2.45, 2.75) is 13.8 Å². The van der Waals surface area contributed by atoms with Crippen LogP contribution in [0.1, 0.15) is 21.6 Å². The summed E-state index contributed by atoms with van der Waals surface area (Å²) in [5.74, 6) is -0.203. The molecule has 0 aliphatic heterocycles. The van der Waals surface area contributed by atoms with Crippen molar-refractivity contribution < 1.29 is 4.79 Å². The zero-order valence-electron chi connectivity index (χ0n) is 13.0. The van der Waals surface area contributed by atoms with Gasteiger partial charge in [-0.25, -0.2) is 4.98 Å². The van der Waals surface area contributed by atoms with Gasteiger partial charge < -0.3 is 10.6 Å². The second-order valence-corrected chi connectivity index (χ2v) is 6.14. The Morgan fingerprint density at radius 1 is 1.00 bits per heavy atom. The molecule has 0 spiro atoms. The van der Waals surface area contributed by atoms with Crippen molar-refractivity contribution in [2.75, 3.05) is 10.6 Å². The molecule has 116 valence electrons. The van der Waals surface area contributed by atoms with Gasteiger partial charge in [0.15, 0.2) is 5.13 Å². The molecule has 0 saturated carbocycles. The van der Waals surface area contributed by atoms with Crippen molar-refractivity contribution in [1.82, 2.24) is 4.98 Å². The van der Waals surface area contributed by atoms with Crippen LogP contribution in [0.5, 0.6) is 0 Å². The summed E-state index contributed by atoms with van der Waals surface area (Å²) in [5, 5.41) is 8.52. The molecule has 2 aromatic carbocycles. The highest BCUT2D eigenvalue weighted by atomic mass is 32.1. The molecule has 0 bridgehead atoms. The van der Waals surface area contributed by atoms with Crippen LogP contribution in [0, 0.1) is 13.8 Å². The molecule has 4 nitrogen and oxygen atoms in total. The summed E-state index contributed by atoms with van der Waals surface area (Å²) in [6, 6.07) is 15.6. The summed E-state index contributed by atoms with van der Waals surface area (Å²) >= 11 is 1.41. The number of aryl methyl sites for hydroxylation is 2. The van der Waals surface area contributed by atoms with E-state index in [1.54, 1.807) is 5.38 Å². The number of nitrogens with one attached hydrogen (secondary N) is 2. The van der Waals surface area contributed by atoms with Gasteiger partial charge in [0.25, 0.3) is 5.91 Å². The topological polar surface area (TPSA) is 54.0 Å². The van der Waals surface area contributed by atoms with Crippen LogP contribution in [0.4, 0.5) is 16.5 Å². The third kappa shape index (κ3) is 3.76. The Bertz CT molecular complexity index is 827. The van der Waals surface area contributed by atoms with Crippen molar-refractivity contribution >= 4 is 33.8 Å². The van der Waals surface area contributed by atoms with E-state index in [9.17, 15) is 4.79 Å². The number of carbonyl (C=O) groups excluding carboxylic acids is 1. The lowest BCUT2D eigenvalue weighted by molar-refractivity contribution is 0.102. The van der Waals surface area contributed by atoms with Gasteiger partial charge in [-0.05, 0) is 49.2 Å². The summed E-state index contributed by atoms with van der Waals surface area (Å²) in [4.78, 5) is 16.6. The van der Waals surface area contributed by atoms with E-state index >= 15 is 0 Å². The lowest BCUT2D eigenvalue weighted by Gasteiger charge is -2.06. The van der Waals surface area contributed by atoms with E-state index in [1.807, 2.05) is 62.4 Å². The van der Waals surface area contributed by atoms with Gasteiger partial charge in [-0.1, -0.05) is 24.3 Å². The maximum Gasteiger partial charge on any atom is 0.275 e. The van der Waals surface area contributed by atoms with Crippen LogP contribution < -0.4 is 10.6 Å². The maximum absolute atomic E-state index is 12.3. The summed E-state index contributed by atoms with van der Waals surface area (Å²) in [5.41, 5.74) is 4.48. The number of aromatic nitrogens is 1. The number of nitrogens with zero attached hydrogens (tertiary/aromatic N) is 1. The molecule has 5 heteroatoms. The Kier molecular flexibility index (Phi) is 4.39. The molecule has 0 aliphatic rings. The van der Waals surface area contributed by atoms with Crippen molar-refractivity contribution in [1.29, 1.82) is 0 Å². The third-order valence-corrected chi connectivity index (χ3v) is 4.28. The quantitative estimate of drug-likeness (QED) is 0.728. The van der Waals surface area contributed by atoms with Gasteiger partial charge in [-0.15, -0.1) is 11.3 Å². The fourth-order valence-corrected chi connectivity index (χ4v) is 2.81. The predicted octanol–water partition coefficient (Wildman–Crippen LogP) is 4.76. The summed E-state index contributed by atoms with van der Waals surface area (Å²) in [6.45, 7) is 4.07. The highest BCUT2D eigenvalue weighted by Crippen LogP contribution is 2.21. The van der Waals surface area contributed by atoms with Crippen LogP contribution in [-0.4, -0.2) is 10.9 Å². The molecule has 0 radical (unpaired) electrons. The van der Waals surface area contributed by atoms with Crippen molar-refractivity contribution in [3.63, 3.8) is 0 Å². The Balaban J connectivity index is 1.69. The predicted molar refractivity (Wildman–Crippen MR) is 95.7 cm³/mol. The van der Waals surface area contributed by atoms with E-state index in [-0.39, 0.29) is 5.91 Å². The molecule has 0 atom stereocenters. The average molecular weight is 323 g/mol. The molecule has 3 rings (SSSR count). The summed E-state index contributed by atoms with van der Waals surface area (Å²) < 4.78 is 0. The normalized spacial score (nSPS) is 10.3. The second kappa shape index (κ2) is 6.62. The molecule has 0 aliphatic carbocycles. The Morgan fingerprint density at radius 3 is 2.52 bits per heavy atom. The first kappa shape index (κ1) is 15.2. The lowest BCUT2D eigenvalue weighted by atomic mass is 10.1. The van der Waals surface area contributed by atoms with Gasteiger partial charge in [0.2, 0.25) is 0 Å². The fourth-order valence-electron chi connectivity index (χ4n) is 2.09. The lowest BCUT2D eigenvalue weighted by Crippen LogP contribution is -2.12. The first-order valence-electron chi connectivity index (χ1n) is 7.28. The van der Waals surface area contributed by atoms with E-state index in [2.05, 4.69) is 15.6 Å². The van der Waals surface area contributed by atoms with Crippen LogP contribution in [0.25, 0.3) is 0 Å². The van der Waals surface area contributed by atoms with E-state index in [1.165, 1.54) is 16.9 Å². The first-order chi connectivity index (χ1) is 11.1. The number of amides is 1. The maximum atomic E-state index is 12.3. The van der Waals surface area contributed by atoms with Crippen molar-refractivity contribution in [3.8, 4) is 0 Å². The minimum Gasteiger partial charge on any atom is -0.332 e. The molecule has 1 aromatic heterocycles. The van der Waals surface area contributed by atoms with Crippen LogP contribution in [-0.2, 0) is 0 Å². The van der Waals surface area contributed by atoms with Crippen molar-refractivity contribution in [2.24, 2.45) is 0 Å². The number of para-hydroxylation sites is 1. The number of carbonyl (C=O) groups is 1. The Labute approximate surface area is 139 Å². The first-order valence-corrected chi connectivity index (χ1v) is 8.16. The zero-order chi connectivity index (χ0) is 16.2. The second-order valence-electron chi connectivity index (χ2n) is 5.28. The van der Waals surface area contributed by atoms with E-state index in [0.29, 0.717) is 10.8 Å². The minimum atomic E-state index is -0.203. The van der Waals surface area contributed by atoms with Gasteiger partial charge >= 0.3 is 0 Å². The number of anilines is 3. The van der Waals surface area contributed by atoms with E-state index in [4.69, 9.17) is 0 Å². The van der Waals surface area contributed by atoms with Gasteiger partial charge in [-0.3, -0.25) is 4.79 Å². The van der Waals surface area contributed by atoms with Gasteiger partial charge in [0.05, 0.1) is 0 Å². The molecule has 0 saturated heterocycles. The highest BCUT2D eigenvalue weighted by Gasteiger charge is 2.11. The largest absolute Gasteiger partial charge is 0.332 e. The number of hydrogen-bond donors (Lipinski definition) is 2. The third-order valence-electron chi connectivity index (χ3n) is 3.53. The summed E-state index contributed by atoms with van der Waals surface area (Å²) in [6.07, 6.45) is 0. The number of hydrogen-bond acceptors (Lipinski definition) is 4. The molecule has 2 N–H and O–H groups in total. The monoisotopic (exact) mass is 323 g/mol. The van der Waals surface area contributed by atoms with Gasteiger partial charge in [-0.2, -0.15) is 0 Å². The number of thiazole rings is 1. The molecule has 1 amide bonds. The average Bonchev–Trinajstić information content (AvgIpc) is 3.00. The SMILES string of the molecule is Cc1ccc(NC(=O)c2csc(Nc3ccccc3)n2)cc1C. The van der Waals surface area contributed by atoms with Crippen LogP contribution in [0.15, 0.2) is 53.9 Å².